The number of hydrogen-bond acceptors (Lipinski definition) is 3. The average molecular weight is 324 g/mol. The summed E-state index contributed by atoms with van der Waals surface area (Å²) < 4.78 is 12.1. The molecule has 0 bridgehead atoms. The molecule has 0 radical (unpaired) electrons. The number of pyridine rings is 1. The van der Waals surface area contributed by atoms with Gasteiger partial charge in [-0.15, -0.1) is 0 Å². The highest BCUT2D eigenvalue weighted by atomic mass is 79.9. The van der Waals surface area contributed by atoms with Gasteiger partial charge in [0.25, 0.3) is 0 Å². The predicted octanol–water partition coefficient (Wildman–Crippen LogP) is 2.82. The standard InChI is InChI=1S/C10H12BrClN2OS/c11-7-5-9(10(12)13-6-7)14-8-1-3-16(15)4-2-8/h5-6,8,14H,1-4H2. The van der Waals surface area contributed by atoms with Crippen LogP contribution < -0.4 is 5.32 Å². The van der Waals surface area contributed by atoms with Gasteiger partial charge in [-0.25, -0.2) is 4.98 Å². The Morgan fingerprint density at radius 2 is 2.19 bits per heavy atom. The fraction of sp³-hybridized carbons (Fsp3) is 0.500. The molecule has 1 aliphatic rings. The van der Waals surface area contributed by atoms with Gasteiger partial charge in [0.1, 0.15) is 0 Å². The molecule has 0 atom stereocenters. The summed E-state index contributed by atoms with van der Waals surface area (Å²) in [5.41, 5.74) is 0.841. The largest absolute Gasteiger partial charge is 0.380 e. The normalized spacial score (nSPS) is 25.4. The number of nitrogens with zero attached hydrogens (tertiary/aromatic N) is 1. The fourth-order valence-electron chi connectivity index (χ4n) is 1.68. The maximum absolute atomic E-state index is 11.2. The van der Waals surface area contributed by atoms with Crippen molar-refractivity contribution in [3.8, 4) is 0 Å². The number of rotatable bonds is 2. The first-order chi connectivity index (χ1) is 7.65. The maximum atomic E-state index is 11.2. The van der Waals surface area contributed by atoms with Crippen molar-refractivity contribution in [2.24, 2.45) is 0 Å². The summed E-state index contributed by atoms with van der Waals surface area (Å²) in [5.74, 6) is 1.55. The SMILES string of the molecule is O=S1CCC(Nc2cc(Br)cnc2Cl)CC1. The lowest BCUT2D eigenvalue weighted by atomic mass is 10.1. The van der Waals surface area contributed by atoms with Crippen LogP contribution in [-0.2, 0) is 10.8 Å². The Morgan fingerprint density at radius 3 is 2.88 bits per heavy atom. The van der Waals surface area contributed by atoms with E-state index in [4.69, 9.17) is 11.6 Å². The second-order valence-corrected chi connectivity index (χ2v) is 6.73. The first-order valence-electron chi connectivity index (χ1n) is 5.07. The molecule has 2 heterocycles. The Labute approximate surface area is 111 Å². The zero-order valence-electron chi connectivity index (χ0n) is 8.58. The minimum absolute atomic E-state index is 0.353. The van der Waals surface area contributed by atoms with Crippen molar-refractivity contribution in [2.75, 3.05) is 16.8 Å². The molecule has 0 amide bonds. The number of hydrogen-bond donors (Lipinski definition) is 1. The smallest absolute Gasteiger partial charge is 0.152 e. The van der Waals surface area contributed by atoms with Crippen LogP contribution in [0.2, 0.25) is 5.15 Å². The Morgan fingerprint density at radius 1 is 1.50 bits per heavy atom. The molecule has 1 fully saturated rings. The molecule has 0 unspecified atom stereocenters. The molecule has 2 rings (SSSR count). The fourth-order valence-corrected chi connectivity index (χ4v) is 3.47. The first-order valence-corrected chi connectivity index (χ1v) is 7.73. The Hall–Kier alpha value is -0.130. The summed E-state index contributed by atoms with van der Waals surface area (Å²) >= 11 is 9.35. The van der Waals surface area contributed by atoms with Gasteiger partial charge in [0.05, 0.1) is 5.69 Å². The summed E-state index contributed by atoms with van der Waals surface area (Å²) in [6.45, 7) is 0. The molecule has 0 spiro atoms. The van der Waals surface area contributed by atoms with Gasteiger partial charge >= 0.3 is 0 Å². The van der Waals surface area contributed by atoms with Crippen LogP contribution in [0.1, 0.15) is 12.8 Å². The minimum Gasteiger partial charge on any atom is -0.380 e. The molecule has 16 heavy (non-hydrogen) atoms. The van der Waals surface area contributed by atoms with Crippen LogP contribution in [0.4, 0.5) is 5.69 Å². The highest BCUT2D eigenvalue weighted by molar-refractivity contribution is 9.10. The van der Waals surface area contributed by atoms with Crippen molar-refractivity contribution in [2.45, 2.75) is 18.9 Å². The van der Waals surface area contributed by atoms with E-state index >= 15 is 0 Å². The second-order valence-electron chi connectivity index (χ2n) is 3.76. The van der Waals surface area contributed by atoms with Crippen LogP contribution in [0.15, 0.2) is 16.7 Å². The molecular formula is C10H12BrClN2OS. The molecule has 1 aromatic rings. The Balaban J connectivity index is 2.03. The van der Waals surface area contributed by atoms with Crippen molar-refractivity contribution in [1.29, 1.82) is 0 Å². The van der Waals surface area contributed by atoms with Crippen molar-refractivity contribution in [3.05, 3.63) is 21.9 Å². The van der Waals surface area contributed by atoms with E-state index in [1.807, 2.05) is 6.07 Å². The third-order valence-corrected chi connectivity index (χ3v) is 4.67. The topological polar surface area (TPSA) is 42.0 Å². The quantitative estimate of drug-likeness (QED) is 0.851. The lowest BCUT2D eigenvalue weighted by Crippen LogP contribution is -2.29. The lowest BCUT2D eigenvalue weighted by molar-refractivity contribution is 0.624. The first kappa shape index (κ1) is 12.3. The van der Waals surface area contributed by atoms with Gasteiger partial charge in [-0.2, -0.15) is 0 Å². The predicted molar refractivity (Wildman–Crippen MR) is 71.5 cm³/mol. The van der Waals surface area contributed by atoms with Crippen LogP contribution in [0, 0.1) is 0 Å². The van der Waals surface area contributed by atoms with Gasteiger partial charge in [0.2, 0.25) is 0 Å². The van der Waals surface area contributed by atoms with Crippen LogP contribution in [0.5, 0.6) is 0 Å². The summed E-state index contributed by atoms with van der Waals surface area (Å²) in [4.78, 5) is 4.06. The van der Waals surface area contributed by atoms with Gasteiger partial charge < -0.3 is 5.32 Å². The zero-order chi connectivity index (χ0) is 11.5. The van der Waals surface area contributed by atoms with Gasteiger partial charge in [0.15, 0.2) is 5.15 Å². The summed E-state index contributed by atoms with van der Waals surface area (Å²) in [6.07, 6.45) is 3.52. The minimum atomic E-state index is -0.627. The molecule has 1 saturated heterocycles. The van der Waals surface area contributed by atoms with Crippen molar-refractivity contribution in [3.63, 3.8) is 0 Å². The lowest BCUT2D eigenvalue weighted by Gasteiger charge is -2.23. The van der Waals surface area contributed by atoms with Gasteiger partial charge in [0, 0.05) is 39.0 Å². The van der Waals surface area contributed by atoms with Crippen LogP contribution in [0.25, 0.3) is 0 Å². The molecule has 0 aromatic carbocycles. The van der Waals surface area contributed by atoms with Crippen LogP contribution >= 0.6 is 27.5 Å². The molecule has 0 aliphatic carbocycles. The maximum Gasteiger partial charge on any atom is 0.152 e. The highest BCUT2D eigenvalue weighted by Gasteiger charge is 2.18. The molecule has 3 nitrogen and oxygen atoms in total. The van der Waals surface area contributed by atoms with Crippen LogP contribution in [-0.4, -0.2) is 26.7 Å². The molecule has 1 N–H and O–H groups in total. The monoisotopic (exact) mass is 322 g/mol. The Bertz CT molecular complexity index is 406. The van der Waals surface area contributed by atoms with Crippen molar-refractivity contribution >= 4 is 44.0 Å². The molecule has 6 heteroatoms. The molecule has 88 valence electrons. The average Bonchev–Trinajstić information content (AvgIpc) is 2.27. The van der Waals surface area contributed by atoms with Gasteiger partial charge in [-0.05, 0) is 34.8 Å². The second kappa shape index (κ2) is 5.47. The molecule has 1 aromatic heterocycles. The van der Waals surface area contributed by atoms with Gasteiger partial charge in [-0.1, -0.05) is 11.6 Å². The summed E-state index contributed by atoms with van der Waals surface area (Å²) in [6, 6.07) is 2.27. The number of halogens is 2. The van der Waals surface area contributed by atoms with E-state index in [0.717, 1.165) is 34.5 Å². The number of nitrogens with one attached hydrogen (secondary N) is 1. The summed E-state index contributed by atoms with van der Waals surface area (Å²) in [5, 5.41) is 3.83. The highest BCUT2D eigenvalue weighted by Crippen LogP contribution is 2.25. The molecule has 1 aliphatic heterocycles. The van der Waals surface area contributed by atoms with Gasteiger partial charge in [-0.3, -0.25) is 4.21 Å². The van der Waals surface area contributed by atoms with Crippen molar-refractivity contribution in [1.82, 2.24) is 4.98 Å². The van der Waals surface area contributed by atoms with Crippen molar-refractivity contribution < 1.29 is 4.21 Å². The van der Waals surface area contributed by atoms with E-state index in [0.29, 0.717) is 11.2 Å². The van der Waals surface area contributed by atoms with E-state index in [1.165, 1.54) is 0 Å². The molecular weight excluding hydrogens is 312 g/mol. The van der Waals surface area contributed by atoms with E-state index < -0.39 is 10.8 Å². The van der Waals surface area contributed by atoms with E-state index in [2.05, 4.69) is 26.2 Å². The van der Waals surface area contributed by atoms with Crippen LogP contribution in [0.3, 0.4) is 0 Å². The van der Waals surface area contributed by atoms with E-state index in [9.17, 15) is 4.21 Å². The van der Waals surface area contributed by atoms with E-state index in [-0.39, 0.29) is 0 Å². The third kappa shape index (κ3) is 3.18. The van der Waals surface area contributed by atoms with E-state index in [1.54, 1.807) is 6.20 Å². The Kier molecular flexibility index (Phi) is 4.21. The number of anilines is 1. The third-order valence-electron chi connectivity index (χ3n) is 2.55. The molecule has 0 saturated carbocycles. The number of aromatic nitrogens is 1. The summed E-state index contributed by atoms with van der Waals surface area (Å²) in [7, 11) is -0.627. The zero-order valence-corrected chi connectivity index (χ0v) is 11.7.